The van der Waals surface area contributed by atoms with E-state index in [1.54, 1.807) is 48.5 Å². The maximum atomic E-state index is 12.8. The molecule has 0 saturated carbocycles. The number of nitrogens with zero attached hydrogens (tertiary/aromatic N) is 2. The van der Waals surface area contributed by atoms with Crippen molar-refractivity contribution in [1.29, 1.82) is 0 Å². The Morgan fingerprint density at radius 2 is 1.88 bits per heavy atom. The molecule has 1 aromatic heterocycles. The number of aliphatic hydroxyl groups excluding tert-OH is 1. The van der Waals surface area contributed by atoms with Crippen molar-refractivity contribution < 1.29 is 9.90 Å². The smallest absolute Gasteiger partial charge is 0.276 e. The zero-order valence-corrected chi connectivity index (χ0v) is 14.8. The molecule has 26 heavy (non-hydrogen) atoms. The lowest BCUT2D eigenvalue weighted by molar-refractivity contribution is 0.102. The van der Waals surface area contributed by atoms with Crippen molar-refractivity contribution in [3.05, 3.63) is 70.1 Å². The molecule has 0 fully saturated rings. The highest BCUT2D eigenvalue weighted by Gasteiger charge is 2.17. The maximum absolute atomic E-state index is 12.8. The summed E-state index contributed by atoms with van der Waals surface area (Å²) in [5.41, 5.74) is 1.27. The van der Waals surface area contributed by atoms with Crippen LogP contribution in [-0.2, 0) is 13.2 Å². The van der Waals surface area contributed by atoms with E-state index in [9.17, 15) is 14.7 Å². The average Bonchev–Trinajstić information content (AvgIpc) is 2.64. The fourth-order valence-corrected chi connectivity index (χ4v) is 2.81. The quantitative estimate of drug-likeness (QED) is 0.740. The Kier molecular flexibility index (Phi) is 5.14. The van der Waals surface area contributed by atoms with Crippen LogP contribution in [0.3, 0.4) is 0 Å². The number of aliphatic hydroxyl groups is 1. The second kappa shape index (κ2) is 7.49. The minimum Gasteiger partial charge on any atom is -0.392 e. The summed E-state index contributed by atoms with van der Waals surface area (Å²) in [7, 11) is 0. The topological polar surface area (TPSA) is 84.2 Å². The average molecular weight is 351 g/mol. The second-order valence-corrected chi connectivity index (χ2v) is 6.59. The third-order valence-corrected chi connectivity index (χ3v) is 3.99. The van der Waals surface area contributed by atoms with E-state index in [0.29, 0.717) is 28.6 Å². The Morgan fingerprint density at radius 1 is 1.15 bits per heavy atom. The highest BCUT2D eigenvalue weighted by Crippen LogP contribution is 2.17. The van der Waals surface area contributed by atoms with Gasteiger partial charge in [0.25, 0.3) is 11.5 Å². The predicted molar refractivity (Wildman–Crippen MR) is 101 cm³/mol. The van der Waals surface area contributed by atoms with Crippen LogP contribution in [-0.4, -0.2) is 20.8 Å². The van der Waals surface area contributed by atoms with Crippen molar-refractivity contribution in [3.63, 3.8) is 0 Å². The lowest BCUT2D eigenvalue weighted by Gasteiger charge is -2.13. The van der Waals surface area contributed by atoms with Gasteiger partial charge in [-0.3, -0.25) is 9.59 Å². The highest BCUT2D eigenvalue weighted by atomic mass is 16.3. The number of carbonyl (C=O) groups excluding carboxylic acids is 1. The number of hydrogen-bond acceptors (Lipinski definition) is 4. The van der Waals surface area contributed by atoms with Gasteiger partial charge in [-0.2, -0.15) is 5.10 Å². The number of benzene rings is 2. The molecule has 0 aliphatic rings. The van der Waals surface area contributed by atoms with Crippen molar-refractivity contribution in [2.75, 3.05) is 5.32 Å². The fourth-order valence-electron chi connectivity index (χ4n) is 2.81. The molecular formula is C20H21N3O3. The molecule has 3 rings (SSSR count). The van der Waals surface area contributed by atoms with Crippen LogP contribution in [0.4, 0.5) is 5.69 Å². The molecule has 0 bridgehead atoms. The van der Waals surface area contributed by atoms with Gasteiger partial charge in [-0.25, -0.2) is 4.68 Å². The molecule has 6 heteroatoms. The number of carbonyl (C=O) groups is 1. The van der Waals surface area contributed by atoms with Gasteiger partial charge in [-0.15, -0.1) is 0 Å². The highest BCUT2D eigenvalue weighted by molar-refractivity contribution is 6.11. The Balaban J connectivity index is 2.06. The van der Waals surface area contributed by atoms with E-state index in [1.807, 2.05) is 13.8 Å². The van der Waals surface area contributed by atoms with Gasteiger partial charge >= 0.3 is 0 Å². The van der Waals surface area contributed by atoms with Gasteiger partial charge in [0.15, 0.2) is 5.69 Å². The predicted octanol–water partition coefficient (Wildman–Crippen LogP) is 2.80. The number of fused-ring (bicyclic) bond motifs is 1. The molecule has 134 valence electrons. The summed E-state index contributed by atoms with van der Waals surface area (Å²) in [6.07, 6.45) is 0. The van der Waals surface area contributed by atoms with Crippen molar-refractivity contribution in [2.24, 2.45) is 5.92 Å². The largest absolute Gasteiger partial charge is 0.392 e. The second-order valence-electron chi connectivity index (χ2n) is 6.59. The lowest BCUT2D eigenvalue weighted by Crippen LogP contribution is -2.29. The molecule has 0 aliphatic heterocycles. The minimum atomic E-state index is -0.395. The third kappa shape index (κ3) is 3.65. The first kappa shape index (κ1) is 17.8. The summed E-state index contributed by atoms with van der Waals surface area (Å²) in [5, 5.41) is 17.4. The molecule has 2 N–H and O–H groups in total. The molecule has 0 radical (unpaired) electrons. The molecule has 1 amide bonds. The third-order valence-electron chi connectivity index (χ3n) is 3.99. The molecule has 0 spiro atoms. The number of aromatic nitrogens is 2. The van der Waals surface area contributed by atoms with Crippen LogP contribution < -0.4 is 10.9 Å². The molecular weight excluding hydrogens is 330 g/mol. The van der Waals surface area contributed by atoms with Gasteiger partial charge in [0.2, 0.25) is 0 Å². The fraction of sp³-hybridized carbons (Fsp3) is 0.250. The van der Waals surface area contributed by atoms with E-state index < -0.39 is 5.91 Å². The number of rotatable bonds is 5. The SMILES string of the molecule is CC(C)Cn1nc(C(=O)Nc2cccc(CO)c2)c2ccccc2c1=O. The lowest BCUT2D eigenvalue weighted by atomic mass is 10.1. The van der Waals surface area contributed by atoms with E-state index >= 15 is 0 Å². The van der Waals surface area contributed by atoms with Crippen molar-refractivity contribution in [2.45, 2.75) is 27.0 Å². The van der Waals surface area contributed by atoms with Gasteiger partial charge in [-0.1, -0.05) is 44.2 Å². The summed E-state index contributed by atoms with van der Waals surface area (Å²) in [6.45, 7) is 4.31. The van der Waals surface area contributed by atoms with Gasteiger partial charge < -0.3 is 10.4 Å². The molecule has 3 aromatic rings. The molecule has 2 aromatic carbocycles. The minimum absolute atomic E-state index is 0.107. The van der Waals surface area contributed by atoms with Gasteiger partial charge in [0.1, 0.15) is 0 Å². The first-order valence-corrected chi connectivity index (χ1v) is 8.50. The summed E-state index contributed by atoms with van der Waals surface area (Å²) in [6, 6.07) is 13.9. The van der Waals surface area contributed by atoms with E-state index in [4.69, 9.17) is 0 Å². The van der Waals surface area contributed by atoms with E-state index in [1.165, 1.54) is 4.68 Å². The van der Waals surface area contributed by atoms with Crippen LogP contribution >= 0.6 is 0 Å². The van der Waals surface area contributed by atoms with Crippen molar-refractivity contribution >= 4 is 22.4 Å². The van der Waals surface area contributed by atoms with Crippen molar-refractivity contribution in [3.8, 4) is 0 Å². The first-order chi connectivity index (χ1) is 12.5. The van der Waals surface area contributed by atoms with Crippen LogP contribution in [0.25, 0.3) is 10.8 Å². The van der Waals surface area contributed by atoms with Crippen LogP contribution in [0.1, 0.15) is 29.9 Å². The Hall–Kier alpha value is -2.99. The van der Waals surface area contributed by atoms with E-state index in [2.05, 4.69) is 10.4 Å². The van der Waals surface area contributed by atoms with E-state index in [0.717, 1.165) is 0 Å². The number of amides is 1. The van der Waals surface area contributed by atoms with Crippen LogP contribution in [0.5, 0.6) is 0 Å². The summed E-state index contributed by atoms with van der Waals surface area (Å²) >= 11 is 0. The summed E-state index contributed by atoms with van der Waals surface area (Å²) in [5.74, 6) is -0.174. The molecule has 0 atom stereocenters. The summed E-state index contributed by atoms with van der Waals surface area (Å²) in [4.78, 5) is 25.4. The molecule has 1 heterocycles. The number of hydrogen-bond donors (Lipinski definition) is 2. The zero-order valence-electron chi connectivity index (χ0n) is 14.8. The van der Waals surface area contributed by atoms with Crippen LogP contribution in [0, 0.1) is 5.92 Å². The molecule has 0 aliphatic carbocycles. The zero-order chi connectivity index (χ0) is 18.7. The molecule has 6 nitrogen and oxygen atoms in total. The molecule has 0 saturated heterocycles. The van der Waals surface area contributed by atoms with Crippen LogP contribution in [0.2, 0.25) is 0 Å². The summed E-state index contributed by atoms with van der Waals surface area (Å²) < 4.78 is 1.35. The van der Waals surface area contributed by atoms with Crippen molar-refractivity contribution in [1.82, 2.24) is 9.78 Å². The Morgan fingerprint density at radius 3 is 2.58 bits per heavy atom. The standard InChI is InChI=1S/C20H21N3O3/c1-13(2)11-23-20(26)17-9-4-3-8-16(17)18(22-23)19(25)21-15-7-5-6-14(10-15)12-24/h3-10,13,24H,11-12H2,1-2H3,(H,21,25). The molecule has 0 unspecified atom stereocenters. The van der Waals surface area contributed by atoms with Gasteiger partial charge in [0, 0.05) is 17.6 Å². The Labute approximate surface area is 151 Å². The maximum Gasteiger partial charge on any atom is 0.276 e. The van der Waals surface area contributed by atoms with Gasteiger partial charge in [-0.05, 0) is 29.7 Å². The monoisotopic (exact) mass is 351 g/mol. The van der Waals surface area contributed by atoms with E-state index in [-0.39, 0.29) is 23.8 Å². The number of anilines is 1. The van der Waals surface area contributed by atoms with Crippen LogP contribution in [0.15, 0.2) is 53.3 Å². The Bertz CT molecular complexity index is 1010. The number of nitrogens with one attached hydrogen (secondary N) is 1. The first-order valence-electron chi connectivity index (χ1n) is 8.50. The van der Waals surface area contributed by atoms with Gasteiger partial charge in [0.05, 0.1) is 12.0 Å². The normalized spacial score (nSPS) is 11.1.